The highest BCUT2D eigenvalue weighted by Crippen LogP contribution is 2.35. The number of fused-ring (bicyclic) bond motifs is 2. The Hall–Kier alpha value is -0.120. The highest BCUT2D eigenvalue weighted by Gasteiger charge is 2.38. The fourth-order valence-electron chi connectivity index (χ4n) is 4.26. The SMILES string of the molecule is CN1C2CCCC1CC(N1CCCC(N)C1)C2. The lowest BCUT2D eigenvalue weighted by Gasteiger charge is -2.50. The van der Waals surface area contributed by atoms with E-state index in [1.807, 2.05) is 0 Å². The molecule has 3 fully saturated rings. The van der Waals surface area contributed by atoms with E-state index in [-0.39, 0.29) is 0 Å². The van der Waals surface area contributed by atoms with E-state index in [1.54, 1.807) is 0 Å². The van der Waals surface area contributed by atoms with Crippen molar-refractivity contribution in [3.8, 4) is 0 Å². The third-order valence-corrected chi connectivity index (χ3v) is 5.32. The van der Waals surface area contributed by atoms with E-state index in [2.05, 4.69) is 16.8 Å². The second-order valence-corrected chi connectivity index (χ2v) is 6.43. The van der Waals surface area contributed by atoms with Gasteiger partial charge in [0.25, 0.3) is 0 Å². The predicted octanol–water partition coefficient (Wildman–Crippen LogP) is 1.42. The molecule has 0 spiro atoms. The molecule has 3 heterocycles. The Labute approximate surface area is 105 Å². The molecule has 0 aromatic heterocycles. The minimum Gasteiger partial charge on any atom is -0.327 e. The number of hydrogen-bond acceptors (Lipinski definition) is 3. The fourth-order valence-corrected chi connectivity index (χ4v) is 4.26. The van der Waals surface area contributed by atoms with Crippen LogP contribution in [0.25, 0.3) is 0 Å². The van der Waals surface area contributed by atoms with Crippen LogP contribution in [0, 0.1) is 0 Å². The van der Waals surface area contributed by atoms with Crippen molar-refractivity contribution in [2.24, 2.45) is 5.73 Å². The van der Waals surface area contributed by atoms with Crippen molar-refractivity contribution in [2.45, 2.75) is 69.1 Å². The van der Waals surface area contributed by atoms with Crippen molar-refractivity contribution in [3.05, 3.63) is 0 Å². The Kier molecular flexibility index (Phi) is 3.42. The van der Waals surface area contributed by atoms with E-state index < -0.39 is 0 Å². The van der Waals surface area contributed by atoms with Crippen LogP contribution in [-0.2, 0) is 0 Å². The van der Waals surface area contributed by atoms with Gasteiger partial charge in [-0.05, 0) is 52.1 Å². The maximum Gasteiger partial charge on any atom is 0.0168 e. The summed E-state index contributed by atoms with van der Waals surface area (Å²) in [5, 5.41) is 0. The summed E-state index contributed by atoms with van der Waals surface area (Å²) in [5.74, 6) is 0. The Morgan fingerprint density at radius 2 is 1.65 bits per heavy atom. The number of piperidine rings is 3. The summed E-state index contributed by atoms with van der Waals surface area (Å²) in [6.45, 7) is 2.44. The first-order valence-electron chi connectivity index (χ1n) is 7.45. The number of nitrogens with zero attached hydrogens (tertiary/aromatic N) is 2. The van der Waals surface area contributed by atoms with Crippen LogP contribution in [-0.4, -0.2) is 54.1 Å². The molecule has 3 saturated heterocycles. The van der Waals surface area contributed by atoms with E-state index in [1.165, 1.54) is 51.5 Å². The molecule has 2 bridgehead atoms. The molecule has 2 N–H and O–H groups in total. The van der Waals surface area contributed by atoms with Crippen molar-refractivity contribution in [1.82, 2.24) is 9.80 Å². The van der Waals surface area contributed by atoms with Crippen molar-refractivity contribution >= 4 is 0 Å². The van der Waals surface area contributed by atoms with Gasteiger partial charge in [-0.3, -0.25) is 4.90 Å². The van der Waals surface area contributed by atoms with E-state index in [9.17, 15) is 0 Å². The predicted molar refractivity (Wildman–Crippen MR) is 71.0 cm³/mol. The molecule has 3 rings (SSSR count). The topological polar surface area (TPSA) is 32.5 Å². The van der Waals surface area contributed by atoms with Crippen LogP contribution in [0.4, 0.5) is 0 Å². The Bertz CT molecular complexity index is 254. The summed E-state index contributed by atoms with van der Waals surface area (Å²) >= 11 is 0. The van der Waals surface area contributed by atoms with Crippen molar-refractivity contribution in [3.63, 3.8) is 0 Å². The van der Waals surface area contributed by atoms with E-state index in [0.29, 0.717) is 6.04 Å². The molecule has 17 heavy (non-hydrogen) atoms. The van der Waals surface area contributed by atoms with Crippen LogP contribution in [0.5, 0.6) is 0 Å². The van der Waals surface area contributed by atoms with Gasteiger partial charge in [0.15, 0.2) is 0 Å². The zero-order valence-corrected chi connectivity index (χ0v) is 11.1. The van der Waals surface area contributed by atoms with Crippen LogP contribution in [0.3, 0.4) is 0 Å². The van der Waals surface area contributed by atoms with E-state index in [4.69, 9.17) is 5.73 Å². The van der Waals surface area contributed by atoms with Crippen LogP contribution >= 0.6 is 0 Å². The molecule has 3 heteroatoms. The molecule has 3 unspecified atom stereocenters. The number of nitrogens with two attached hydrogens (primary N) is 1. The van der Waals surface area contributed by atoms with Crippen molar-refractivity contribution in [1.29, 1.82) is 0 Å². The molecule has 0 radical (unpaired) electrons. The van der Waals surface area contributed by atoms with Gasteiger partial charge in [-0.15, -0.1) is 0 Å². The smallest absolute Gasteiger partial charge is 0.0168 e. The van der Waals surface area contributed by atoms with Gasteiger partial charge in [0.05, 0.1) is 0 Å². The maximum atomic E-state index is 6.12. The summed E-state index contributed by atoms with van der Waals surface area (Å²) in [5.41, 5.74) is 6.12. The largest absolute Gasteiger partial charge is 0.327 e. The second-order valence-electron chi connectivity index (χ2n) is 6.43. The average Bonchev–Trinajstić information content (AvgIpc) is 2.28. The summed E-state index contributed by atoms with van der Waals surface area (Å²) < 4.78 is 0. The first-order chi connectivity index (χ1) is 8.24. The van der Waals surface area contributed by atoms with Crippen LogP contribution in [0.1, 0.15) is 44.9 Å². The summed E-state index contributed by atoms with van der Waals surface area (Å²) in [4.78, 5) is 5.36. The molecular formula is C14H27N3. The molecule has 3 aliphatic heterocycles. The Balaban J connectivity index is 1.65. The lowest BCUT2D eigenvalue weighted by molar-refractivity contribution is 0.00120. The fraction of sp³-hybridized carbons (Fsp3) is 1.00. The van der Waals surface area contributed by atoms with Gasteiger partial charge in [-0.1, -0.05) is 6.42 Å². The number of rotatable bonds is 1. The highest BCUT2D eigenvalue weighted by molar-refractivity contribution is 4.95. The van der Waals surface area contributed by atoms with Crippen molar-refractivity contribution < 1.29 is 0 Å². The zero-order chi connectivity index (χ0) is 11.8. The van der Waals surface area contributed by atoms with E-state index >= 15 is 0 Å². The third kappa shape index (κ3) is 2.38. The van der Waals surface area contributed by atoms with Gasteiger partial charge < -0.3 is 10.6 Å². The van der Waals surface area contributed by atoms with Gasteiger partial charge >= 0.3 is 0 Å². The number of likely N-dealkylation sites (tertiary alicyclic amines) is 1. The van der Waals surface area contributed by atoms with Crippen molar-refractivity contribution in [2.75, 3.05) is 20.1 Å². The molecule has 0 aromatic carbocycles. The van der Waals surface area contributed by atoms with Gasteiger partial charge in [0.1, 0.15) is 0 Å². The average molecular weight is 237 g/mol. The number of hydrogen-bond donors (Lipinski definition) is 1. The first-order valence-corrected chi connectivity index (χ1v) is 7.45. The van der Waals surface area contributed by atoms with Crippen LogP contribution in [0.2, 0.25) is 0 Å². The molecule has 0 aromatic rings. The lowest BCUT2D eigenvalue weighted by Crippen LogP contribution is -2.57. The van der Waals surface area contributed by atoms with Crippen LogP contribution in [0.15, 0.2) is 0 Å². The minimum atomic E-state index is 0.434. The molecule has 0 amide bonds. The summed E-state index contributed by atoms with van der Waals surface area (Å²) in [7, 11) is 2.34. The van der Waals surface area contributed by atoms with Gasteiger partial charge in [0, 0.05) is 30.7 Å². The first kappa shape index (κ1) is 11.9. The summed E-state index contributed by atoms with van der Waals surface area (Å²) in [6.07, 6.45) is 9.61. The quantitative estimate of drug-likeness (QED) is 0.749. The maximum absolute atomic E-state index is 6.12. The van der Waals surface area contributed by atoms with Gasteiger partial charge in [0.2, 0.25) is 0 Å². The van der Waals surface area contributed by atoms with Crippen LogP contribution < -0.4 is 5.73 Å². The molecule has 3 nitrogen and oxygen atoms in total. The summed E-state index contributed by atoms with van der Waals surface area (Å²) in [6, 6.07) is 2.97. The Morgan fingerprint density at radius 3 is 2.29 bits per heavy atom. The lowest BCUT2D eigenvalue weighted by atomic mass is 9.81. The Morgan fingerprint density at radius 1 is 0.941 bits per heavy atom. The second kappa shape index (κ2) is 4.87. The molecular weight excluding hydrogens is 210 g/mol. The molecule has 3 atom stereocenters. The minimum absolute atomic E-state index is 0.434. The van der Waals surface area contributed by atoms with E-state index in [0.717, 1.165) is 24.7 Å². The van der Waals surface area contributed by atoms with Gasteiger partial charge in [-0.25, -0.2) is 0 Å². The third-order valence-electron chi connectivity index (χ3n) is 5.32. The molecule has 0 saturated carbocycles. The molecule has 0 aliphatic carbocycles. The zero-order valence-electron chi connectivity index (χ0n) is 11.1. The van der Waals surface area contributed by atoms with Gasteiger partial charge in [-0.2, -0.15) is 0 Å². The molecule has 98 valence electrons. The highest BCUT2D eigenvalue weighted by atomic mass is 15.2. The standard InChI is InChI=1S/C14H27N3/c1-16-12-5-2-6-13(16)9-14(8-12)17-7-3-4-11(15)10-17/h11-14H,2-10,15H2,1H3. The molecule has 3 aliphatic rings. The monoisotopic (exact) mass is 237 g/mol. The normalized spacial score (nSPS) is 44.8.